The first-order chi connectivity index (χ1) is 11.6. The number of likely N-dealkylation sites (tertiary alicyclic amines) is 1. The van der Waals surface area contributed by atoms with Crippen molar-refractivity contribution in [1.82, 2.24) is 9.80 Å². The number of carbonyl (C=O) groups is 2. The lowest BCUT2D eigenvalue weighted by Gasteiger charge is -2.37. The molecule has 130 valence electrons. The zero-order valence-corrected chi connectivity index (χ0v) is 14.9. The lowest BCUT2D eigenvalue weighted by molar-refractivity contribution is -0.136. The fraction of sp³-hybridized carbons (Fsp3) is 0.556. The second-order valence-electron chi connectivity index (χ2n) is 6.55. The molecular weight excluding hydrogens is 322 g/mol. The maximum Gasteiger partial charge on any atom is 0.321 e. The van der Waals surface area contributed by atoms with E-state index in [1.54, 1.807) is 4.90 Å². The summed E-state index contributed by atoms with van der Waals surface area (Å²) in [5.41, 5.74) is 0.790. The Bertz CT molecular complexity index is 581. The highest BCUT2D eigenvalue weighted by atomic mass is 32.2. The number of urea groups is 1. The Hall–Kier alpha value is -1.69. The van der Waals surface area contributed by atoms with Crippen molar-refractivity contribution >= 4 is 29.4 Å². The molecule has 0 aromatic heterocycles. The molecule has 0 spiro atoms. The number of hydrogen-bond donors (Lipinski definition) is 1. The molecule has 2 atom stereocenters. The van der Waals surface area contributed by atoms with Gasteiger partial charge in [-0.05, 0) is 25.0 Å². The van der Waals surface area contributed by atoms with Crippen molar-refractivity contribution in [1.29, 1.82) is 0 Å². The van der Waals surface area contributed by atoms with E-state index in [0.29, 0.717) is 18.3 Å². The van der Waals surface area contributed by atoms with E-state index in [1.165, 1.54) is 0 Å². The molecular formula is C18H25N3O2S. The standard InChI is InChI=1S/C18H25N3O2S/c1-14-12-20(10-11-24-14)17(22)15-6-5-9-21(13-15)18(23)19-16-7-3-2-4-8-16/h2-4,7-8,14-15H,5-6,9-13H2,1H3,(H,19,23)/t14-,15+/m0/s1. The average Bonchev–Trinajstić information content (AvgIpc) is 2.62. The number of para-hydroxylation sites is 1. The van der Waals surface area contributed by atoms with E-state index in [9.17, 15) is 9.59 Å². The third-order valence-corrected chi connectivity index (χ3v) is 5.77. The number of carbonyl (C=O) groups excluding carboxylic acids is 2. The second-order valence-corrected chi connectivity index (χ2v) is 8.09. The third-order valence-electron chi connectivity index (χ3n) is 4.64. The van der Waals surface area contributed by atoms with Crippen molar-refractivity contribution < 1.29 is 9.59 Å². The van der Waals surface area contributed by atoms with Crippen LogP contribution in [0.4, 0.5) is 10.5 Å². The fourth-order valence-electron chi connectivity index (χ4n) is 3.36. The number of hydrogen-bond acceptors (Lipinski definition) is 3. The largest absolute Gasteiger partial charge is 0.340 e. The molecule has 6 heteroatoms. The van der Waals surface area contributed by atoms with Gasteiger partial charge in [0.15, 0.2) is 0 Å². The molecule has 1 N–H and O–H groups in total. The highest BCUT2D eigenvalue weighted by Gasteiger charge is 2.32. The van der Waals surface area contributed by atoms with Crippen molar-refractivity contribution in [2.24, 2.45) is 5.92 Å². The minimum Gasteiger partial charge on any atom is -0.340 e. The molecule has 0 bridgehead atoms. The van der Waals surface area contributed by atoms with Crippen LogP contribution < -0.4 is 5.32 Å². The normalized spacial score (nSPS) is 24.5. The summed E-state index contributed by atoms with van der Waals surface area (Å²) in [7, 11) is 0. The monoisotopic (exact) mass is 347 g/mol. The van der Waals surface area contributed by atoms with Crippen LogP contribution in [0.25, 0.3) is 0 Å². The highest BCUT2D eigenvalue weighted by molar-refractivity contribution is 7.99. The fourth-order valence-corrected chi connectivity index (χ4v) is 4.38. The first kappa shape index (κ1) is 17.1. The van der Waals surface area contributed by atoms with Crippen molar-refractivity contribution in [2.75, 3.05) is 37.2 Å². The molecule has 3 rings (SSSR count). The zero-order chi connectivity index (χ0) is 16.9. The van der Waals surface area contributed by atoms with Crippen LogP contribution in [-0.4, -0.2) is 58.9 Å². The Balaban J connectivity index is 1.57. The van der Waals surface area contributed by atoms with Gasteiger partial charge < -0.3 is 15.1 Å². The van der Waals surface area contributed by atoms with E-state index in [-0.39, 0.29) is 17.9 Å². The molecule has 3 amide bonds. The molecule has 0 radical (unpaired) electrons. The number of benzene rings is 1. The van der Waals surface area contributed by atoms with E-state index in [2.05, 4.69) is 12.2 Å². The Morgan fingerprint density at radius 3 is 2.67 bits per heavy atom. The van der Waals surface area contributed by atoms with Crippen LogP contribution in [0.5, 0.6) is 0 Å². The maximum absolute atomic E-state index is 12.8. The average molecular weight is 347 g/mol. The molecule has 0 aliphatic carbocycles. The van der Waals surface area contributed by atoms with E-state index >= 15 is 0 Å². The zero-order valence-electron chi connectivity index (χ0n) is 14.1. The molecule has 5 nitrogen and oxygen atoms in total. The summed E-state index contributed by atoms with van der Waals surface area (Å²) in [5, 5.41) is 3.42. The van der Waals surface area contributed by atoms with Gasteiger partial charge in [0.05, 0.1) is 5.92 Å². The van der Waals surface area contributed by atoms with Gasteiger partial charge in [0, 0.05) is 42.9 Å². The van der Waals surface area contributed by atoms with Crippen LogP contribution in [0.1, 0.15) is 19.8 Å². The third kappa shape index (κ3) is 4.23. The van der Waals surface area contributed by atoms with Gasteiger partial charge in [-0.2, -0.15) is 11.8 Å². The van der Waals surface area contributed by atoms with Gasteiger partial charge in [0.25, 0.3) is 0 Å². The minimum atomic E-state index is -0.110. The van der Waals surface area contributed by atoms with Crippen LogP contribution in [0, 0.1) is 5.92 Å². The molecule has 1 aromatic carbocycles. The van der Waals surface area contributed by atoms with Crippen molar-refractivity contribution in [3.63, 3.8) is 0 Å². The Morgan fingerprint density at radius 2 is 1.92 bits per heavy atom. The molecule has 1 aromatic rings. The molecule has 0 unspecified atom stereocenters. The van der Waals surface area contributed by atoms with E-state index < -0.39 is 0 Å². The van der Waals surface area contributed by atoms with Crippen molar-refractivity contribution in [3.05, 3.63) is 30.3 Å². The Morgan fingerprint density at radius 1 is 1.12 bits per heavy atom. The van der Waals surface area contributed by atoms with E-state index in [4.69, 9.17) is 0 Å². The SMILES string of the molecule is C[C@H]1CN(C(=O)[C@@H]2CCCN(C(=O)Nc3ccccc3)C2)CCS1. The van der Waals surface area contributed by atoms with Crippen LogP contribution in [0.2, 0.25) is 0 Å². The maximum atomic E-state index is 12.8. The number of piperidine rings is 1. The summed E-state index contributed by atoms with van der Waals surface area (Å²) >= 11 is 1.92. The second kappa shape index (κ2) is 7.92. The van der Waals surface area contributed by atoms with Gasteiger partial charge in [-0.1, -0.05) is 25.1 Å². The topological polar surface area (TPSA) is 52.7 Å². The Kier molecular flexibility index (Phi) is 5.66. The summed E-state index contributed by atoms with van der Waals surface area (Å²) in [6.45, 7) is 5.07. The van der Waals surface area contributed by atoms with E-state index in [1.807, 2.05) is 47.0 Å². The number of rotatable bonds is 2. The predicted octanol–water partition coefficient (Wildman–Crippen LogP) is 2.89. The number of nitrogens with one attached hydrogen (secondary N) is 1. The number of amides is 3. The first-order valence-electron chi connectivity index (χ1n) is 8.65. The van der Waals surface area contributed by atoms with Gasteiger partial charge in [-0.25, -0.2) is 4.79 Å². The van der Waals surface area contributed by atoms with Crippen LogP contribution >= 0.6 is 11.8 Å². The number of thioether (sulfide) groups is 1. The van der Waals surface area contributed by atoms with Crippen LogP contribution in [-0.2, 0) is 4.79 Å². The smallest absolute Gasteiger partial charge is 0.321 e. The van der Waals surface area contributed by atoms with Crippen molar-refractivity contribution in [2.45, 2.75) is 25.0 Å². The summed E-state index contributed by atoms with van der Waals surface area (Å²) in [4.78, 5) is 29.0. The molecule has 0 saturated carbocycles. The molecule has 24 heavy (non-hydrogen) atoms. The summed E-state index contributed by atoms with van der Waals surface area (Å²) in [6.07, 6.45) is 1.77. The van der Waals surface area contributed by atoms with Crippen LogP contribution in [0.3, 0.4) is 0 Å². The van der Waals surface area contributed by atoms with Gasteiger partial charge in [0.1, 0.15) is 0 Å². The molecule has 2 fully saturated rings. The Labute approximate surface area is 147 Å². The van der Waals surface area contributed by atoms with Gasteiger partial charge in [0.2, 0.25) is 5.91 Å². The summed E-state index contributed by atoms with van der Waals surface area (Å²) in [5.74, 6) is 1.17. The summed E-state index contributed by atoms with van der Waals surface area (Å²) in [6, 6.07) is 9.35. The molecule has 2 aliphatic heterocycles. The van der Waals surface area contributed by atoms with Crippen molar-refractivity contribution in [3.8, 4) is 0 Å². The number of nitrogens with zero attached hydrogens (tertiary/aromatic N) is 2. The molecule has 2 saturated heterocycles. The van der Waals surface area contributed by atoms with Gasteiger partial charge in [-0.3, -0.25) is 4.79 Å². The van der Waals surface area contributed by atoms with E-state index in [0.717, 1.165) is 37.4 Å². The van der Waals surface area contributed by atoms with Crippen LogP contribution in [0.15, 0.2) is 30.3 Å². The van der Waals surface area contributed by atoms with Gasteiger partial charge in [-0.15, -0.1) is 0 Å². The quantitative estimate of drug-likeness (QED) is 0.895. The predicted molar refractivity (Wildman–Crippen MR) is 98.3 cm³/mol. The first-order valence-corrected chi connectivity index (χ1v) is 9.69. The molecule has 2 aliphatic rings. The number of anilines is 1. The minimum absolute atomic E-state index is 0.0597. The van der Waals surface area contributed by atoms with Gasteiger partial charge >= 0.3 is 6.03 Å². The molecule has 2 heterocycles. The lowest BCUT2D eigenvalue weighted by atomic mass is 9.96. The summed E-state index contributed by atoms with van der Waals surface area (Å²) < 4.78 is 0. The highest BCUT2D eigenvalue weighted by Crippen LogP contribution is 2.24. The lowest BCUT2D eigenvalue weighted by Crippen LogP contribution is -2.50.